The first-order valence-corrected chi connectivity index (χ1v) is 12.2. The van der Waals surface area contributed by atoms with E-state index in [2.05, 4.69) is 50.2 Å². The van der Waals surface area contributed by atoms with Crippen LogP contribution in [0.3, 0.4) is 0 Å². The summed E-state index contributed by atoms with van der Waals surface area (Å²) < 4.78 is 1.13. The van der Waals surface area contributed by atoms with Gasteiger partial charge >= 0.3 is 0 Å². The van der Waals surface area contributed by atoms with E-state index in [1.807, 2.05) is 60.7 Å². The zero-order chi connectivity index (χ0) is 23.5. The van der Waals surface area contributed by atoms with Crippen LogP contribution in [0.4, 0.5) is 5.13 Å². The molecule has 0 atom stereocenters. The van der Waals surface area contributed by atoms with Gasteiger partial charge in [0, 0.05) is 5.56 Å². The van der Waals surface area contributed by atoms with Gasteiger partial charge in [0.05, 0.1) is 16.8 Å². The number of carbonyl (C=O) groups excluding carboxylic acids is 1. The number of benzene rings is 4. The summed E-state index contributed by atoms with van der Waals surface area (Å²) in [5, 5.41) is 0.728. The average molecular weight is 463 g/mol. The van der Waals surface area contributed by atoms with Crippen molar-refractivity contribution in [3.63, 3.8) is 0 Å². The molecule has 5 aromatic rings. The standard InChI is InChI=1S/C30H26N2OS/c1-21-17-22(2)28-27(18-21)31-30(34-28)32(20-25-11-7-4-8-12-25)29(33)26-15-13-24(14-16-26)19-23-9-5-3-6-10-23/h3-18H,19-20H2,1-2H3. The quantitative estimate of drug-likeness (QED) is 0.264. The number of hydrogen-bond acceptors (Lipinski definition) is 3. The van der Waals surface area contributed by atoms with Crippen molar-refractivity contribution in [2.45, 2.75) is 26.8 Å². The van der Waals surface area contributed by atoms with Crippen molar-refractivity contribution in [1.29, 1.82) is 0 Å². The van der Waals surface area contributed by atoms with E-state index in [-0.39, 0.29) is 5.91 Å². The maximum Gasteiger partial charge on any atom is 0.260 e. The molecular formula is C30H26N2OS. The first-order chi connectivity index (χ1) is 16.6. The minimum absolute atomic E-state index is 0.0384. The Bertz CT molecular complexity index is 1420. The Morgan fingerprint density at radius 3 is 2.09 bits per heavy atom. The fraction of sp³-hybridized carbons (Fsp3) is 0.133. The molecule has 0 unspecified atom stereocenters. The zero-order valence-corrected chi connectivity index (χ0v) is 20.2. The molecule has 0 radical (unpaired) electrons. The number of amides is 1. The van der Waals surface area contributed by atoms with Gasteiger partial charge in [0.2, 0.25) is 0 Å². The van der Waals surface area contributed by atoms with Crippen molar-refractivity contribution >= 4 is 32.6 Å². The Hall–Kier alpha value is -3.76. The molecule has 1 aromatic heterocycles. The Labute approximate surface area is 204 Å². The minimum Gasteiger partial charge on any atom is -0.279 e. The van der Waals surface area contributed by atoms with Gasteiger partial charge in [-0.3, -0.25) is 9.69 Å². The van der Waals surface area contributed by atoms with Gasteiger partial charge in [-0.1, -0.05) is 90.2 Å². The number of anilines is 1. The summed E-state index contributed by atoms with van der Waals surface area (Å²) in [5.74, 6) is -0.0384. The average Bonchev–Trinajstić information content (AvgIpc) is 3.28. The Kier molecular flexibility index (Phi) is 6.24. The van der Waals surface area contributed by atoms with E-state index in [1.165, 1.54) is 22.3 Å². The van der Waals surface area contributed by atoms with E-state index < -0.39 is 0 Å². The number of aromatic nitrogens is 1. The van der Waals surface area contributed by atoms with E-state index in [4.69, 9.17) is 4.98 Å². The van der Waals surface area contributed by atoms with Gasteiger partial charge in [-0.25, -0.2) is 4.98 Å². The molecule has 0 N–H and O–H groups in total. The monoisotopic (exact) mass is 462 g/mol. The Balaban J connectivity index is 1.47. The lowest BCUT2D eigenvalue weighted by molar-refractivity contribution is 0.0985. The third-order valence-corrected chi connectivity index (χ3v) is 7.15. The summed E-state index contributed by atoms with van der Waals surface area (Å²) >= 11 is 1.58. The van der Waals surface area contributed by atoms with Crippen molar-refractivity contribution < 1.29 is 4.79 Å². The number of carbonyl (C=O) groups is 1. The second-order valence-electron chi connectivity index (χ2n) is 8.66. The molecular weight excluding hydrogens is 436 g/mol. The lowest BCUT2D eigenvalue weighted by Crippen LogP contribution is -2.30. The normalized spacial score (nSPS) is 11.0. The summed E-state index contributed by atoms with van der Waals surface area (Å²) in [6.45, 7) is 4.66. The van der Waals surface area contributed by atoms with Crippen molar-refractivity contribution in [2.75, 3.05) is 4.90 Å². The molecule has 0 aliphatic rings. The molecule has 3 nitrogen and oxygen atoms in total. The molecule has 1 amide bonds. The molecule has 4 aromatic carbocycles. The number of aryl methyl sites for hydroxylation is 2. The molecule has 168 valence electrons. The predicted octanol–water partition coefficient (Wildman–Crippen LogP) is 7.35. The van der Waals surface area contributed by atoms with Crippen molar-refractivity contribution in [3.8, 4) is 0 Å². The fourth-order valence-electron chi connectivity index (χ4n) is 4.23. The van der Waals surface area contributed by atoms with Gasteiger partial charge in [0.1, 0.15) is 0 Å². The summed E-state index contributed by atoms with van der Waals surface area (Å²) in [4.78, 5) is 20.4. The number of rotatable bonds is 6. The second kappa shape index (κ2) is 9.62. The van der Waals surface area contributed by atoms with E-state index in [0.717, 1.165) is 27.3 Å². The van der Waals surface area contributed by atoms with Crippen LogP contribution in [0.25, 0.3) is 10.2 Å². The van der Waals surface area contributed by atoms with Crippen LogP contribution in [0.2, 0.25) is 0 Å². The van der Waals surface area contributed by atoms with E-state index in [1.54, 1.807) is 16.2 Å². The van der Waals surface area contributed by atoms with Crippen LogP contribution in [0, 0.1) is 13.8 Å². The topological polar surface area (TPSA) is 33.2 Å². The summed E-state index contributed by atoms with van der Waals surface area (Å²) in [6.07, 6.45) is 0.847. The van der Waals surface area contributed by atoms with Crippen molar-refractivity contribution in [3.05, 3.63) is 130 Å². The molecule has 0 aliphatic heterocycles. The maximum atomic E-state index is 13.7. The molecule has 4 heteroatoms. The van der Waals surface area contributed by atoms with Crippen molar-refractivity contribution in [2.24, 2.45) is 0 Å². The van der Waals surface area contributed by atoms with Gasteiger partial charge in [0.25, 0.3) is 5.91 Å². The van der Waals surface area contributed by atoms with Crippen molar-refractivity contribution in [1.82, 2.24) is 4.98 Å². The Morgan fingerprint density at radius 1 is 0.794 bits per heavy atom. The van der Waals surface area contributed by atoms with Crippen LogP contribution >= 0.6 is 11.3 Å². The number of hydrogen-bond donors (Lipinski definition) is 0. The highest BCUT2D eigenvalue weighted by atomic mass is 32.1. The van der Waals surface area contributed by atoms with Gasteiger partial charge in [-0.2, -0.15) is 0 Å². The summed E-state index contributed by atoms with van der Waals surface area (Å²) in [6, 6.07) is 32.7. The van der Waals surface area contributed by atoms with Gasteiger partial charge in [0.15, 0.2) is 5.13 Å². The lowest BCUT2D eigenvalue weighted by Gasteiger charge is -2.20. The maximum absolute atomic E-state index is 13.7. The molecule has 1 heterocycles. The third-order valence-electron chi connectivity index (χ3n) is 5.92. The van der Waals surface area contributed by atoms with Gasteiger partial charge in [-0.15, -0.1) is 0 Å². The van der Waals surface area contributed by atoms with E-state index in [0.29, 0.717) is 12.1 Å². The Morgan fingerprint density at radius 2 is 1.41 bits per heavy atom. The minimum atomic E-state index is -0.0384. The highest BCUT2D eigenvalue weighted by Gasteiger charge is 2.22. The smallest absolute Gasteiger partial charge is 0.260 e. The lowest BCUT2D eigenvalue weighted by atomic mass is 10.0. The summed E-state index contributed by atoms with van der Waals surface area (Å²) in [7, 11) is 0. The van der Waals surface area contributed by atoms with Crippen LogP contribution < -0.4 is 4.90 Å². The SMILES string of the molecule is Cc1cc(C)c2sc(N(Cc3ccccc3)C(=O)c3ccc(Cc4ccccc4)cc3)nc2c1. The summed E-state index contributed by atoms with van der Waals surface area (Å²) in [5.41, 5.74) is 7.49. The highest BCUT2D eigenvalue weighted by Crippen LogP contribution is 2.33. The number of nitrogens with zero attached hydrogens (tertiary/aromatic N) is 2. The molecule has 0 fully saturated rings. The first-order valence-electron chi connectivity index (χ1n) is 11.4. The second-order valence-corrected chi connectivity index (χ2v) is 9.64. The molecule has 0 saturated heterocycles. The molecule has 0 aliphatic carbocycles. The first kappa shape index (κ1) is 22.1. The third kappa shape index (κ3) is 4.78. The number of thiazole rings is 1. The van der Waals surface area contributed by atoms with Gasteiger partial charge in [-0.05, 0) is 66.3 Å². The fourth-order valence-corrected chi connectivity index (χ4v) is 5.24. The predicted molar refractivity (Wildman–Crippen MR) is 142 cm³/mol. The number of fused-ring (bicyclic) bond motifs is 1. The van der Waals surface area contributed by atoms with Crippen LogP contribution in [0.15, 0.2) is 97.1 Å². The molecule has 5 rings (SSSR count). The van der Waals surface area contributed by atoms with Crippen LogP contribution in [0.1, 0.15) is 38.2 Å². The van der Waals surface area contributed by atoms with Crippen LogP contribution in [-0.4, -0.2) is 10.9 Å². The molecule has 0 bridgehead atoms. The van der Waals surface area contributed by atoms with E-state index in [9.17, 15) is 4.79 Å². The highest BCUT2D eigenvalue weighted by molar-refractivity contribution is 7.22. The van der Waals surface area contributed by atoms with E-state index >= 15 is 0 Å². The molecule has 0 spiro atoms. The van der Waals surface area contributed by atoms with Crippen LogP contribution in [-0.2, 0) is 13.0 Å². The molecule has 34 heavy (non-hydrogen) atoms. The molecule has 0 saturated carbocycles. The zero-order valence-electron chi connectivity index (χ0n) is 19.4. The largest absolute Gasteiger partial charge is 0.279 e. The van der Waals surface area contributed by atoms with Gasteiger partial charge < -0.3 is 0 Å². The van der Waals surface area contributed by atoms with Crippen LogP contribution in [0.5, 0.6) is 0 Å².